The first kappa shape index (κ1) is 84.5. The number of hydrogen-bond donors (Lipinski definition) is 0. The number of rotatable bonds is 38. The van der Waals surface area contributed by atoms with Crippen LogP contribution in [-0.2, 0) is 105 Å². The molecule has 84 heavy (non-hydrogen) atoms. The van der Waals surface area contributed by atoms with Crippen molar-refractivity contribution in [2.24, 2.45) is 22.7 Å². The molecule has 0 aromatic rings. The van der Waals surface area contributed by atoms with Crippen LogP contribution < -0.4 is 0 Å². The lowest BCUT2D eigenvalue weighted by atomic mass is 9.91. The lowest BCUT2D eigenvalue weighted by molar-refractivity contribution is -0.168. The second kappa shape index (κ2) is 44.5. The molecule has 0 N–H and O–H groups in total. The zero-order valence-corrected chi connectivity index (χ0v) is 50.7. The molecule has 30 heteroatoms. The smallest absolute Gasteiger partial charge is 0.344 e. The third-order valence-electron chi connectivity index (χ3n) is 10.8. The molecule has 0 aromatic heterocycles. The molecular formula is C54H88F8O22. The molecule has 0 aliphatic rings. The molecule has 0 aromatic carbocycles. The fraction of sp³-hybridized carbons (Fsp3) is 0.815. The number of carbonyl (C=O) groups is 10. The topological polar surface area (TPSA) is 281 Å². The van der Waals surface area contributed by atoms with Gasteiger partial charge in [-0.15, -0.1) is 0 Å². The fourth-order valence-corrected chi connectivity index (χ4v) is 4.16. The first-order valence-corrected chi connectivity index (χ1v) is 26.8. The molecule has 0 fully saturated rings. The Bertz CT molecular complexity index is 1950. The second-order valence-electron chi connectivity index (χ2n) is 20.2. The van der Waals surface area contributed by atoms with E-state index in [1.54, 1.807) is 55.4 Å². The van der Waals surface area contributed by atoms with E-state index < -0.39 is 148 Å². The van der Waals surface area contributed by atoms with E-state index in [9.17, 15) is 83.1 Å². The van der Waals surface area contributed by atoms with Crippen LogP contribution in [0.3, 0.4) is 0 Å². The van der Waals surface area contributed by atoms with Crippen molar-refractivity contribution in [3.8, 4) is 0 Å². The maximum absolute atomic E-state index is 12.5. The SMILES string of the molecule is CCC(C)(C)C(=O)OCC(=O)OCC(=O)OCCC(C)(F)F.CCC(C)(C)C(=O)OCCOCC(=O)OCCC(C)(F)F.CCC(C)C(=O)OCC(=O)OCC(=O)OCCC(C)(F)F.CCC(C)C(=O)OCCOCC(=O)OCCC(C)(F)F. The lowest BCUT2D eigenvalue weighted by Crippen LogP contribution is -2.29. The van der Waals surface area contributed by atoms with Crippen LogP contribution in [0.15, 0.2) is 0 Å². The maximum atomic E-state index is 12.5. The first-order valence-electron chi connectivity index (χ1n) is 26.8. The number of ether oxygens (including phenoxy) is 12. The average Bonchev–Trinajstić information content (AvgIpc) is 3.45. The average molecular weight is 1240 g/mol. The Labute approximate surface area is 485 Å². The quantitative estimate of drug-likeness (QED) is 0.0242. The van der Waals surface area contributed by atoms with Gasteiger partial charge in [0.2, 0.25) is 23.7 Å². The molecule has 492 valence electrons. The first-order chi connectivity index (χ1) is 38.5. The van der Waals surface area contributed by atoms with Crippen molar-refractivity contribution in [2.45, 2.75) is 172 Å². The van der Waals surface area contributed by atoms with Gasteiger partial charge < -0.3 is 56.8 Å². The summed E-state index contributed by atoms with van der Waals surface area (Å²) in [6.45, 7) is 15.7. The predicted octanol–water partition coefficient (Wildman–Crippen LogP) is 8.56. The van der Waals surface area contributed by atoms with Crippen LogP contribution in [0.5, 0.6) is 0 Å². The Kier molecular flexibility index (Phi) is 44.8. The van der Waals surface area contributed by atoms with Crippen LogP contribution in [0, 0.1) is 22.7 Å². The van der Waals surface area contributed by atoms with Crippen LogP contribution in [0.2, 0.25) is 0 Å². The van der Waals surface area contributed by atoms with E-state index in [0.717, 1.165) is 13.8 Å². The zero-order chi connectivity index (χ0) is 66.0. The summed E-state index contributed by atoms with van der Waals surface area (Å²) in [4.78, 5) is 113. The zero-order valence-electron chi connectivity index (χ0n) is 50.7. The fourth-order valence-electron chi connectivity index (χ4n) is 4.16. The molecule has 0 aliphatic heterocycles. The molecule has 0 aliphatic carbocycles. The molecule has 0 saturated carbocycles. The molecule has 0 bridgehead atoms. The van der Waals surface area contributed by atoms with Gasteiger partial charge in [0.1, 0.15) is 26.4 Å². The van der Waals surface area contributed by atoms with Crippen molar-refractivity contribution in [2.75, 3.05) is 92.5 Å². The van der Waals surface area contributed by atoms with Crippen LogP contribution in [0.1, 0.15) is 148 Å². The molecule has 0 spiro atoms. The van der Waals surface area contributed by atoms with Gasteiger partial charge in [0.05, 0.1) is 62.3 Å². The molecule has 0 amide bonds. The van der Waals surface area contributed by atoms with E-state index in [0.29, 0.717) is 39.5 Å². The summed E-state index contributed by atoms with van der Waals surface area (Å²) < 4.78 is 156. The molecule has 0 heterocycles. The van der Waals surface area contributed by atoms with Crippen molar-refractivity contribution < 1.29 is 140 Å². The standard InChI is InChI=1S/C14H22F2O6.C14H24F2O5.C13H20F2O6.C13H22F2O5/c1-5-13(2,3)12(19)22-9-11(18)21-8-10(17)20-7-6-14(4,15)16;1-5-13(2,3)12(18)21-9-8-19-10-11(17)20-7-6-14(4,15)16;1-4-9(2)12(18)21-8-11(17)20-7-10(16)19-6-5-13(3,14)15;1-4-10(2)12(17)20-8-7-18-9-11(16)19-6-5-13(3,14)15/h5-9H2,1-4H3;5-10H2,1-4H3;9H,4-8H2,1-3H3;10H,4-9H2,1-3H3. The number of alkyl halides is 8. The Balaban J connectivity index is -0.000000508. The third kappa shape index (κ3) is 55.3. The normalized spacial score (nSPS) is 12.3. The van der Waals surface area contributed by atoms with Gasteiger partial charge in [0, 0.05) is 25.7 Å². The number of carbonyl (C=O) groups excluding carboxylic acids is 10. The largest absolute Gasteiger partial charge is 0.464 e. The number of halogens is 8. The monoisotopic (exact) mass is 1240 g/mol. The third-order valence-corrected chi connectivity index (χ3v) is 10.8. The Morgan fingerprint density at radius 1 is 0.310 bits per heavy atom. The Morgan fingerprint density at radius 3 is 0.857 bits per heavy atom. The van der Waals surface area contributed by atoms with Gasteiger partial charge in [-0.05, 0) is 81.1 Å². The summed E-state index contributed by atoms with van der Waals surface area (Å²) in [5.74, 6) is -19.0. The summed E-state index contributed by atoms with van der Waals surface area (Å²) in [7, 11) is 0. The molecule has 2 atom stereocenters. The van der Waals surface area contributed by atoms with Crippen LogP contribution >= 0.6 is 0 Å². The molecule has 0 saturated heterocycles. The van der Waals surface area contributed by atoms with Gasteiger partial charge in [-0.3, -0.25) is 19.2 Å². The highest BCUT2D eigenvalue weighted by atomic mass is 19.3. The highest BCUT2D eigenvalue weighted by Gasteiger charge is 2.30. The summed E-state index contributed by atoms with van der Waals surface area (Å²) >= 11 is 0. The minimum atomic E-state index is -2.93. The van der Waals surface area contributed by atoms with Crippen molar-refractivity contribution in [3.05, 3.63) is 0 Å². The summed E-state index contributed by atoms with van der Waals surface area (Å²) in [5, 5.41) is 0. The Hall–Kier alpha value is -5.94. The van der Waals surface area contributed by atoms with Crippen LogP contribution in [0.25, 0.3) is 0 Å². The highest BCUT2D eigenvalue weighted by molar-refractivity contribution is 5.82. The minimum Gasteiger partial charge on any atom is -0.464 e. The van der Waals surface area contributed by atoms with E-state index in [-0.39, 0.29) is 76.6 Å². The van der Waals surface area contributed by atoms with Gasteiger partial charge in [0.15, 0.2) is 26.4 Å². The molecule has 0 radical (unpaired) electrons. The predicted molar refractivity (Wildman–Crippen MR) is 279 cm³/mol. The summed E-state index contributed by atoms with van der Waals surface area (Å²) in [6.07, 6.45) is 0.177. The lowest BCUT2D eigenvalue weighted by Gasteiger charge is -2.20. The molecule has 2 unspecified atom stereocenters. The van der Waals surface area contributed by atoms with E-state index in [1.807, 2.05) is 13.8 Å². The van der Waals surface area contributed by atoms with Gasteiger partial charge >= 0.3 is 59.7 Å². The van der Waals surface area contributed by atoms with E-state index in [1.165, 1.54) is 0 Å². The number of hydrogen-bond acceptors (Lipinski definition) is 22. The maximum Gasteiger partial charge on any atom is 0.344 e. The van der Waals surface area contributed by atoms with E-state index in [2.05, 4.69) is 33.2 Å². The minimum absolute atomic E-state index is 0.0303. The van der Waals surface area contributed by atoms with Gasteiger partial charge in [-0.25, -0.2) is 63.9 Å². The van der Waals surface area contributed by atoms with Gasteiger partial charge in [-0.2, -0.15) is 0 Å². The molecule has 0 rings (SSSR count). The summed E-state index contributed by atoms with van der Waals surface area (Å²) in [5.41, 5.74) is -1.27. The van der Waals surface area contributed by atoms with Crippen LogP contribution in [0.4, 0.5) is 35.1 Å². The second-order valence-corrected chi connectivity index (χ2v) is 20.2. The van der Waals surface area contributed by atoms with Crippen molar-refractivity contribution in [1.82, 2.24) is 0 Å². The van der Waals surface area contributed by atoms with Crippen LogP contribution in [-0.4, -0.2) is 176 Å². The highest BCUT2D eigenvalue weighted by Crippen LogP contribution is 2.23. The molecular weight excluding hydrogens is 1150 g/mol. The Morgan fingerprint density at radius 2 is 0.560 bits per heavy atom. The van der Waals surface area contributed by atoms with Crippen molar-refractivity contribution >= 4 is 59.7 Å². The van der Waals surface area contributed by atoms with Gasteiger partial charge in [0.25, 0.3) is 0 Å². The number of esters is 10. The summed E-state index contributed by atoms with van der Waals surface area (Å²) in [6, 6.07) is 0. The molecule has 22 nitrogen and oxygen atoms in total. The van der Waals surface area contributed by atoms with Gasteiger partial charge in [-0.1, -0.05) is 41.5 Å². The van der Waals surface area contributed by atoms with Crippen molar-refractivity contribution in [1.29, 1.82) is 0 Å². The van der Waals surface area contributed by atoms with E-state index in [4.69, 9.17) is 23.7 Å². The van der Waals surface area contributed by atoms with Crippen molar-refractivity contribution in [3.63, 3.8) is 0 Å². The van der Waals surface area contributed by atoms with E-state index >= 15 is 0 Å².